The molecule has 0 heterocycles. The van der Waals surface area contributed by atoms with Crippen molar-refractivity contribution in [2.24, 2.45) is 0 Å². The first-order chi connectivity index (χ1) is 9.75. The van der Waals surface area contributed by atoms with Gasteiger partial charge in [-0.3, -0.25) is 0 Å². The van der Waals surface area contributed by atoms with Gasteiger partial charge in [-0.2, -0.15) is 0 Å². The lowest BCUT2D eigenvalue weighted by atomic mass is 10.2. The summed E-state index contributed by atoms with van der Waals surface area (Å²) in [5.74, 6) is -0.609. The van der Waals surface area contributed by atoms with Crippen LogP contribution in [0.25, 0.3) is 0 Å². The average Bonchev–Trinajstić information content (AvgIpc) is 2.46. The number of nitrogens with one attached hydrogen (secondary N) is 1. The van der Waals surface area contributed by atoms with E-state index in [-0.39, 0.29) is 12.2 Å². The van der Waals surface area contributed by atoms with Crippen LogP contribution in [-0.2, 0) is 4.74 Å². The molecule has 0 amide bonds. The third kappa shape index (κ3) is 6.51. The van der Waals surface area contributed by atoms with Crippen LogP contribution >= 0.6 is 0 Å². The highest BCUT2D eigenvalue weighted by atomic mass is 16.5. The van der Waals surface area contributed by atoms with E-state index >= 15 is 0 Å². The third-order valence-electron chi connectivity index (χ3n) is 2.53. The Balaban J connectivity index is 2.11. The van der Waals surface area contributed by atoms with Crippen molar-refractivity contribution in [1.82, 2.24) is 5.32 Å². The Morgan fingerprint density at radius 1 is 1.15 bits per heavy atom. The number of aliphatic hydroxyl groups is 1. The molecule has 0 aliphatic carbocycles. The van der Waals surface area contributed by atoms with Crippen LogP contribution in [-0.4, -0.2) is 55.7 Å². The number of aliphatic hydroxyl groups excluding tert-OH is 1. The molecule has 6 nitrogen and oxygen atoms in total. The van der Waals surface area contributed by atoms with Gasteiger partial charge in [0.25, 0.3) is 0 Å². The Morgan fingerprint density at radius 2 is 1.95 bits per heavy atom. The van der Waals surface area contributed by atoms with Crippen molar-refractivity contribution in [1.29, 1.82) is 0 Å². The van der Waals surface area contributed by atoms with Crippen molar-refractivity contribution in [3.05, 3.63) is 29.8 Å². The summed E-state index contributed by atoms with van der Waals surface area (Å²) in [5.41, 5.74) is 0.171. The van der Waals surface area contributed by atoms with Gasteiger partial charge in [0.05, 0.1) is 13.2 Å². The van der Waals surface area contributed by atoms with Gasteiger partial charge in [0, 0.05) is 13.2 Å². The first-order valence-electron chi connectivity index (χ1n) is 6.60. The maximum absolute atomic E-state index is 11.0. The Hall–Kier alpha value is -1.63. The van der Waals surface area contributed by atoms with Crippen LogP contribution in [0.2, 0.25) is 0 Å². The van der Waals surface area contributed by atoms with E-state index < -0.39 is 5.97 Å². The molecule has 0 radical (unpaired) electrons. The van der Waals surface area contributed by atoms with Crippen molar-refractivity contribution < 1.29 is 24.5 Å². The molecule has 1 aromatic rings. The van der Waals surface area contributed by atoms with Gasteiger partial charge in [0.2, 0.25) is 0 Å². The molecule has 0 saturated carbocycles. The van der Waals surface area contributed by atoms with E-state index in [4.69, 9.17) is 19.7 Å². The predicted molar refractivity (Wildman–Crippen MR) is 74.3 cm³/mol. The average molecular weight is 283 g/mol. The number of benzene rings is 1. The fraction of sp³-hybridized carbons (Fsp3) is 0.500. The first kappa shape index (κ1) is 16.4. The summed E-state index contributed by atoms with van der Waals surface area (Å²) in [7, 11) is 0. The summed E-state index contributed by atoms with van der Waals surface area (Å²) in [6.07, 6.45) is 0.853. The van der Waals surface area contributed by atoms with Crippen molar-refractivity contribution >= 4 is 5.97 Å². The summed E-state index contributed by atoms with van der Waals surface area (Å²) in [6.45, 7) is 2.85. The summed E-state index contributed by atoms with van der Waals surface area (Å²) in [5, 5.41) is 20.7. The molecule has 20 heavy (non-hydrogen) atoms. The zero-order chi connectivity index (χ0) is 14.6. The summed E-state index contributed by atoms with van der Waals surface area (Å²) < 4.78 is 10.6. The molecule has 3 N–H and O–H groups in total. The second-order valence-electron chi connectivity index (χ2n) is 4.09. The van der Waals surface area contributed by atoms with Crippen LogP contribution in [0.3, 0.4) is 0 Å². The Bertz CT molecular complexity index is 397. The number of carboxylic acids is 1. The number of aromatic carboxylic acids is 1. The van der Waals surface area contributed by atoms with Gasteiger partial charge in [-0.25, -0.2) is 4.79 Å². The van der Waals surface area contributed by atoms with E-state index in [2.05, 4.69) is 5.32 Å². The van der Waals surface area contributed by atoms with E-state index in [1.807, 2.05) is 0 Å². The van der Waals surface area contributed by atoms with Crippen LogP contribution in [0.15, 0.2) is 24.3 Å². The lowest BCUT2D eigenvalue weighted by molar-refractivity contribution is 0.0692. The highest BCUT2D eigenvalue weighted by Gasteiger charge is 2.09. The SMILES string of the molecule is O=C(O)c1ccccc1OCCNCCCOCCO. The largest absolute Gasteiger partial charge is 0.491 e. The minimum Gasteiger partial charge on any atom is -0.491 e. The van der Waals surface area contributed by atoms with Crippen LogP contribution < -0.4 is 10.1 Å². The summed E-state index contributed by atoms with van der Waals surface area (Å²) >= 11 is 0. The number of para-hydroxylation sites is 1. The maximum Gasteiger partial charge on any atom is 0.339 e. The zero-order valence-corrected chi connectivity index (χ0v) is 11.4. The topological polar surface area (TPSA) is 88.0 Å². The molecule has 0 aliphatic rings. The molecule has 112 valence electrons. The van der Waals surface area contributed by atoms with Gasteiger partial charge in [0.1, 0.15) is 17.9 Å². The molecule has 0 spiro atoms. The number of carbonyl (C=O) groups is 1. The third-order valence-corrected chi connectivity index (χ3v) is 2.53. The van der Waals surface area contributed by atoms with Crippen molar-refractivity contribution in [3.8, 4) is 5.75 Å². The summed E-state index contributed by atoms with van der Waals surface area (Å²) in [6, 6.07) is 6.57. The van der Waals surface area contributed by atoms with Gasteiger partial charge in [0.15, 0.2) is 0 Å². The quantitative estimate of drug-likeness (QED) is 0.519. The molecule has 1 aromatic carbocycles. The minimum atomic E-state index is -0.991. The molecule has 0 bridgehead atoms. The highest BCUT2D eigenvalue weighted by Crippen LogP contribution is 2.17. The molecule has 0 atom stereocenters. The molecular formula is C14H21NO5. The van der Waals surface area contributed by atoms with Crippen LogP contribution in [0, 0.1) is 0 Å². The van der Waals surface area contributed by atoms with Crippen LogP contribution in [0.1, 0.15) is 16.8 Å². The molecule has 1 rings (SSSR count). The van der Waals surface area contributed by atoms with Crippen molar-refractivity contribution in [2.45, 2.75) is 6.42 Å². The Morgan fingerprint density at radius 3 is 2.70 bits per heavy atom. The minimum absolute atomic E-state index is 0.0459. The van der Waals surface area contributed by atoms with E-state index in [1.54, 1.807) is 18.2 Å². The fourth-order valence-electron chi connectivity index (χ4n) is 1.59. The number of rotatable bonds is 11. The van der Waals surface area contributed by atoms with Gasteiger partial charge >= 0.3 is 5.97 Å². The van der Waals surface area contributed by atoms with E-state index in [9.17, 15) is 4.79 Å². The Kier molecular flexibility index (Phi) is 8.37. The standard InChI is InChI=1S/C14H21NO5/c16-8-11-19-9-3-6-15-7-10-20-13-5-2-1-4-12(13)14(17)18/h1-2,4-5,15-16H,3,6-11H2,(H,17,18). The molecular weight excluding hydrogens is 262 g/mol. The fourth-order valence-corrected chi connectivity index (χ4v) is 1.59. The molecule has 0 aliphatic heterocycles. The van der Waals surface area contributed by atoms with Crippen molar-refractivity contribution in [2.75, 3.05) is 39.5 Å². The first-order valence-corrected chi connectivity index (χ1v) is 6.60. The second kappa shape index (κ2) is 10.2. The van der Waals surface area contributed by atoms with E-state index in [1.165, 1.54) is 6.07 Å². The molecule has 0 aromatic heterocycles. The summed E-state index contributed by atoms with van der Waals surface area (Å²) in [4.78, 5) is 11.0. The highest BCUT2D eigenvalue weighted by molar-refractivity contribution is 5.90. The monoisotopic (exact) mass is 283 g/mol. The molecule has 0 saturated heterocycles. The van der Waals surface area contributed by atoms with E-state index in [0.717, 1.165) is 13.0 Å². The number of hydrogen-bond acceptors (Lipinski definition) is 5. The van der Waals surface area contributed by atoms with Crippen LogP contribution in [0.5, 0.6) is 5.75 Å². The van der Waals surface area contributed by atoms with Gasteiger partial charge in [-0.15, -0.1) is 0 Å². The smallest absolute Gasteiger partial charge is 0.339 e. The maximum atomic E-state index is 11.0. The zero-order valence-electron chi connectivity index (χ0n) is 11.4. The molecule has 6 heteroatoms. The van der Waals surface area contributed by atoms with E-state index in [0.29, 0.717) is 32.1 Å². The lowest BCUT2D eigenvalue weighted by Crippen LogP contribution is -2.23. The molecule has 0 fully saturated rings. The number of hydrogen-bond donors (Lipinski definition) is 3. The Labute approximate surface area is 118 Å². The number of carboxylic acid groups (broad SMARTS) is 1. The van der Waals surface area contributed by atoms with Gasteiger partial charge in [-0.1, -0.05) is 12.1 Å². The van der Waals surface area contributed by atoms with Crippen LogP contribution in [0.4, 0.5) is 0 Å². The normalized spacial score (nSPS) is 10.4. The second-order valence-corrected chi connectivity index (χ2v) is 4.09. The predicted octanol–water partition coefficient (Wildman–Crippen LogP) is 0.752. The van der Waals surface area contributed by atoms with Gasteiger partial charge < -0.3 is 25.0 Å². The lowest BCUT2D eigenvalue weighted by Gasteiger charge is -2.09. The molecule has 0 unspecified atom stereocenters. The van der Waals surface area contributed by atoms with Crippen molar-refractivity contribution in [3.63, 3.8) is 0 Å². The van der Waals surface area contributed by atoms with Gasteiger partial charge in [-0.05, 0) is 25.1 Å². The number of ether oxygens (including phenoxy) is 2.